The average Bonchev–Trinajstić information content (AvgIpc) is 3.09. The number of amides is 2. The Morgan fingerprint density at radius 3 is 2.73 bits per heavy atom. The molecule has 3 rings (SSSR count). The van der Waals surface area contributed by atoms with E-state index in [1.807, 2.05) is 18.3 Å². The molecule has 1 atom stereocenters. The van der Waals surface area contributed by atoms with Gasteiger partial charge < -0.3 is 10.2 Å². The first kappa shape index (κ1) is 18.2. The van der Waals surface area contributed by atoms with Crippen LogP contribution in [0, 0.1) is 5.92 Å². The summed E-state index contributed by atoms with van der Waals surface area (Å²) in [6, 6.07) is 5.95. The highest BCUT2D eigenvalue weighted by Gasteiger charge is 2.32. The van der Waals surface area contributed by atoms with Crippen LogP contribution >= 0.6 is 0 Å². The Hall–Kier alpha value is -2.64. The maximum Gasteiger partial charge on any atom is 0.433 e. The van der Waals surface area contributed by atoms with Crippen LogP contribution in [0.25, 0.3) is 0 Å². The van der Waals surface area contributed by atoms with E-state index in [-0.39, 0.29) is 12.6 Å². The van der Waals surface area contributed by atoms with Crippen LogP contribution in [0.2, 0.25) is 0 Å². The molecule has 2 amide bonds. The number of carbonyl (C=O) groups is 1. The van der Waals surface area contributed by atoms with Crippen molar-refractivity contribution in [2.75, 3.05) is 13.1 Å². The number of hydrogen-bond donors (Lipinski definition) is 1. The zero-order valence-electron chi connectivity index (χ0n) is 14.0. The highest BCUT2D eigenvalue weighted by Crippen LogP contribution is 2.27. The molecule has 0 radical (unpaired) electrons. The van der Waals surface area contributed by atoms with E-state index in [1.54, 1.807) is 11.1 Å². The summed E-state index contributed by atoms with van der Waals surface area (Å²) in [6.07, 6.45) is 2.04. The molecule has 138 valence electrons. The molecule has 1 unspecified atom stereocenters. The molecule has 2 aromatic heterocycles. The van der Waals surface area contributed by atoms with Crippen LogP contribution in [0.1, 0.15) is 23.2 Å². The molecule has 3 heterocycles. The second-order valence-corrected chi connectivity index (χ2v) is 6.37. The standard InChI is InChI=1S/C18H19F3N4O/c19-18(20,21)16-4-3-15(10-23-16)11-24-17(26)25-7-5-14(12-25)8-13-2-1-6-22-9-13/h1-4,6,9-10,14H,5,7-8,11-12H2,(H,24,26). The molecule has 2 aromatic rings. The fourth-order valence-electron chi connectivity index (χ4n) is 3.02. The van der Waals surface area contributed by atoms with Gasteiger partial charge in [-0.15, -0.1) is 0 Å². The molecule has 0 aromatic carbocycles. The summed E-state index contributed by atoms with van der Waals surface area (Å²) in [7, 11) is 0. The summed E-state index contributed by atoms with van der Waals surface area (Å²) in [5.74, 6) is 0.387. The molecular formula is C18H19F3N4O. The number of urea groups is 1. The van der Waals surface area contributed by atoms with E-state index >= 15 is 0 Å². The van der Waals surface area contributed by atoms with Gasteiger partial charge in [-0.3, -0.25) is 9.97 Å². The number of nitrogens with zero attached hydrogens (tertiary/aromatic N) is 3. The van der Waals surface area contributed by atoms with Crippen molar-refractivity contribution >= 4 is 6.03 Å². The largest absolute Gasteiger partial charge is 0.433 e. The summed E-state index contributed by atoms with van der Waals surface area (Å²) in [6.45, 7) is 1.47. The van der Waals surface area contributed by atoms with E-state index in [2.05, 4.69) is 15.3 Å². The number of carbonyl (C=O) groups excluding carboxylic acids is 1. The highest BCUT2D eigenvalue weighted by atomic mass is 19.4. The van der Waals surface area contributed by atoms with E-state index in [9.17, 15) is 18.0 Å². The minimum atomic E-state index is -4.46. The van der Waals surface area contributed by atoms with Crippen molar-refractivity contribution < 1.29 is 18.0 Å². The first-order valence-corrected chi connectivity index (χ1v) is 8.35. The number of likely N-dealkylation sites (tertiary alicyclic amines) is 1. The lowest BCUT2D eigenvalue weighted by Crippen LogP contribution is -2.38. The van der Waals surface area contributed by atoms with Gasteiger partial charge in [0.25, 0.3) is 0 Å². The Labute approximate surface area is 149 Å². The quantitative estimate of drug-likeness (QED) is 0.906. The molecule has 0 spiro atoms. The molecule has 0 bridgehead atoms. The predicted octanol–water partition coefficient (Wildman–Crippen LogP) is 3.27. The third kappa shape index (κ3) is 4.71. The summed E-state index contributed by atoms with van der Waals surface area (Å²) in [5.41, 5.74) is 0.735. The van der Waals surface area contributed by atoms with Gasteiger partial charge in [-0.2, -0.15) is 13.2 Å². The van der Waals surface area contributed by atoms with E-state index in [1.165, 1.54) is 6.07 Å². The normalized spacial score (nSPS) is 17.3. The van der Waals surface area contributed by atoms with Crippen LogP contribution in [0.4, 0.5) is 18.0 Å². The average molecular weight is 364 g/mol. The SMILES string of the molecule is O=C(NCc1ccc(C(F)(F)F)nc1)N1CCC(Cc2cccnc2)C1. The third-order valence-electron chi connectivity index (χ3n) is 4.38. The van der Waals surface area contributed by atoms with Crippen molar-refractivity contribution in [1.29, 1.82) is 0 Å². The summed E-state index contributed by atoms with van der Waals surface area (Å²) in [4.78, 5) is 21.5. The van der Waals surface area contributed by atoms with Gasteiger partial charge in [0.2, 0.25) is 0 Å². The molecule has 1 fully saturated rings. The second-order valence-electron chi connectivity index (χ2n) is 6.37. The number of halogens is 3. The number of pyridine rings is 2. The minimum Gasteiger partial charge on any atom is -0.334 e. The molecule has 8 heteroatoms. The Morgan fingerprint density at radius 2 is 2.08 bits per heavy atom. The van der Waals surface area contributed by atoms with Crippen LogP contribution in [0.15, 0.2) is 42.9 Å². The van der Waals surface area contributed by atoms with Crippen molar-refractivity contribution in [3.8, 4) is 0 Å². The molecule has 26 heavy (non-hydrogen) atoms. The summed E-state index contributed by atoms with van der Waals surface area (Å²) < 4.78 is 37.5. The highest BCUT2D eigenvalue weighted by molar-refractivity contribution is 5.74. The fraction of sp³-hybridized carbons (Fsp3) is 0.389. The Balaban J connectivity index is 1.47. The molecule has 5 nitrogen and oxygen atoms in total. The fourth-order valence-corrected chi connectivity index (χ4v) is 3.02. The maximum absolute atomic E-state index is 12.5. The number of nitrogens with one attached hydrogen (secondary N) is 1. The van der Waals surface area contributed by atoms with Crippen molar-refractivity contribution in [2.45, 2.75) is 25.6 Å². The molecule has 0 saturated carbocycles. The zero-order valence-corrected chi connectivity index (χ0v) is 14.0. The lowest BCUT2D eigenvalue weighted by atomic mass is 10.0. The van der Waals surface area contributed by atoms with Crippen molar-refractivity contribution in [3.05, 3.63) is 59.7 Å². The first-order valence-electron chi connectivity index (χ1n) is 8.35. The Kier molecular flexibility index (Phi) is 5.39. The zero-order chi connectivity index (χ0) is 18.6. The van der Waals surface area contributed by atoms with Gasteiger partial charge in [0.15, 0.2) is 0 Å². The number of alkyl halides is 3. The Bertz CT molecular complexity index is 734. The van der Waals surface area contributed by atoms with E-state index < -0.39 is 11.9 Å². The molecular weight excluding hydrogens is 345 g/mol. The Morgan fingerprint density at radius 1 is 1.23 bits per heavy atom. The van der Waals surface area contributed by atoms with Gasteiger partial charge in [0.05, 0.1) is 0 Å². The maximum atomic E-state index is 12.5. The van der Waals surface area contributed by atoms with Crippen molar-refractivity contribution in [1.82, 2.24) is 20.2 Å². The smallest absolute Gasteiger partial charge is 0.334 e. The number of aromatic nitrogens is 2. The van der Waals surface area contributed by atoms with Gasteiger partial charge in [-0.25, -0.2) is 4.79 Å². The lowest BCUT2D eigenvalue weighted by Gasteiger charge is -2.17. The van der Waals surface area contributed by atoms with Crippen LogP contribution in [-0.2, 0) is 19.1 Å². The lowest BCUT2D eigenvalue weighted by molar-refractivity contribution is -0.141. The number of hydrogen-bond acceptors (Lipinski definition) is 3. The molecule has 1 aliphatic rings. The third-order valence-corrected chi connectivity index (χ3v) is 4.38. The van der Waals surface area contributed by atoms with Crippen molar-refractivity contribution in [3.63, 3.8) is 0 Å². The molecule has 0 aliphatic carbocycles. The van der Waals surface area contributed by atoms with E-state index in [0.717, 1.165) is 30.7 Å². The van der Waals surface area contributed by atoms with Crippen LogP contribution < -0.4 is 5.32 Å². The molecule has 1 saturated heterocycles. The first-order chi connectivity index (χ1) is 12.4. The number of rotatable bonds is 4. The monoisotopic (exact) mass is 364 g/mol. The van der Waals surface area contributed by atoms with E-state index in [0.29, 0.717) is 24.6 Å². The van der Waals surface area contributed by atoms with Crippen LogP contribution in [-0.4, -0.2) is 34.0 Å². The van der Waals surface area contributed by atoms with Crippen LogP contribution in [0.3, 0.4) is 0 Å². The molecule has 1 N–H and O–H groups in total. The van der Waals surface area contributed by atoms with Gasteiger partial charge in [-0.05, 0) is 42.0 Å². The predicted molar refractivity (Wildman–Crippen MR) is 89.1 cm³/mol. The van der Waals surface area contributed by atoms with Gasteiger partial charge in [-0.1, -0.05) is 12.1 Å². The topological polar surface area (TPSA) is 58.1 Å². The summed E-state index contributed by atoms with van der Waals surface area (Å²) in [5, 5.41) is 2.74. The van der Waals surface area contributed by atoms with Crippen molar-refractivity contribution in [2.24, 2.45) is 5.92 Å². The van der Waals surface area contributed by atoms with E-state index in [4.69, 9.17) is 0 Å². The summed E-state index contributed by atoms with van der Waals surface area (Å²) >= 11 is 0. The van der Waals surface area contributed by atoms with Gasteiger partial charge in [0, 0.05) is 38.2 Å². The van der Waals surface area contributed by atoms with Crippen LogP contribution in [0.5, 0.6) is 0 Å². The molecule has 1 aliphatic heterocycles. The van der Waals surface area contributed by atoms with Gasteiger partial charge in [0.1, 0.15) is 5.69 Å². The van der Waals surface area contributed by atoms with Gasteiger partial charge >= 0.3 is 12.2 Å². The second kappa shape index (κ2) is 7.72. The minimum absolute atomic E-state index is 0.147.